The molecule has 2 rings (SSSR count). The Kier molecular flexibility index (Phi) is 4.87. The standard InChI is InChI=1S/C16H19NO4/c1-11(2)21-13-7-6-12(9-15(13)19-3)10-17-16(18)14-5-4-8-20-14/h4-9,11H,10H2,1-3H3,(H,17,18). The SMILES string of the molecule is COc1cc(CNC(=O)c2ccco2)ccc1OC(C)C. The van der Waals surface area contributed by atoms with Crippen LogP contribution in [0.25, 0.3) is 0 Å². The smallest absolute Gasteiger partial charge is 0.287 e. The summed E-state index contributed by atoms with van der Waals surface area (Å²) in [5.41, 5.74) is 0.919. The van der Waals surface area contributed by atoms with Crippen LogP contribution in [0.4, 0.5) is 0 Å². The Morgan fingerprint density at radius 3 is 2.71 bits per heavy atom. The maximum Gasteiger partial charge on any atom is 0.287 e. The highest BCUT2D eigenvalue weighted by Gasteiger charge is 2.10. The summed E-state index contributed by atoms with van der Waals surface area (Å²) in [7, 11) is 1.59. The summed E-state index contributed by atoms with van der Waals surface area (Å²) >= 11 is 0. The average molecular weight is 289 g/mol. The first-order valence-electron chi connectivity index (χ1n) is 6.75. The monoisotopic (exact) mass is 289 g/mol. The van der Waals surface area contributed by atoms with Gasteiger partial charge >= 0.3 is 0 Å². The molecule has 21 heavy (non-hydrogen) atoms. The number of carbonyl (C=O) groups excluding carboxylic acids is 1. The Balaban J connectivity index is 2.02. The first-order valence-corrected chi connectivity index (χ1v) is 6.75. The van der Waals surface area contributed by atoms with Crippen LogP contribution in [0.3, 0.4) is 0 Å². The molecule has 1 heterocycles. The molecule has 0 aliphatic heterocycles. The van der Waals surface area contributed by atoms with Gasteiger partial charge in [0.2, 0.25) is 0 Å². The van der Waals surface area contributed by atoms with Crippen LogP contribution in [0, 0.1) is 0 Å². The van der Waals surface area contributed by atoms with Crippen LogP contribution in [0.5, 0.6) is 11.5 Å². The number of ether oxygens (including phenoxy) is 2. The number of furan rings is 1. The number of methoxy groups -OCH3 is 1. The largest absolute Gasteiger partial charge is 0.493 e. The van der Waals surface area contributed by atoms with Gasteiger partial charge in [-0.15, -0.1) is 0 Å². The molecule has 1 aromatic carbocycles. The topological polar surface area (TPSA) is 60.7 Å². The molecule has 0 aliphatic rings. The zero-order valence-corrected chi connectivity index (χ0v) is 12.4. The zero-order chi connectivity index (χ0) is 15.2. The van der Waals surface area contributed by atoms with Crippen molar-refractivity contribution < 1.29 is 18.7 Å². The quantitative estimate of drug-likeness (QED) is 0.888. The van der Waals surface area contributed by atoms with Gasteiger partial charge in [-0.25, -0.2) is 0 Å². The number of hydrogen-bond donors (Lipinski definition) is 1. The summed E-state index contributed by atoms with van der Waals surface area (Å²) in [5.74, 6) is 1.38. The molecule has 2 aromatic rings. The lowest BCUT2D eigenvalue weighted by Gasteiger charge is -2.14. The number of benzene rings is 1. The van der Waals surface area contributed by atoms with Crippen LogP contribution in [0.15, 0.2) is 41.0 Å². The molecular formula is C16H19NO4. The van der Waals surface area contributed by atoms with Crippen molar-refractivity contribution in [2.24, 2.45) is 0 Å². The Labute approximate surface area is 123 Å². The zero-order valence-electron chi connectivity index (χ0n) is 12.4. The molecule has 1 aromatic heterocycles. The number of hydrogen-bond acceptors (Lipinski definition) is 4. The van der Waals surface area contributed by atoms with Gasteiger partial charge in [-0.3, -0.25) is 4.79 Å². The molecule has 0 spiro atoms. The van der Waals surface area contributed by atoms with Crippen LogP contribution < -0.4 is 14.8 Å². The fourth-order valence-corrected chi connectivity index (χ4v) is 1.85. The molecule has 0 aliphatic carbocycles. The molecule has 5 nitrogen and oxygen atoms in total. The van der Waals surface area contributed by atoms with E-state index in [-0.39, 0.29) is 12.0 Å². The van der Waals surface area contributed by atoms with Gasteiger partial charge < -0.3 is 19.2 Å². The lowest BCUT2D eigenvalue weighted by Crippen LogP contribution is -2.22. The molecule has 1 N–H and O–H groups in total. The number of nitrogens with one attached hydrogen (secondary N) is 1. The van der Waals surface area contributed by atoms with Crippen LogP contribution in [0.1, 0.15) is 30.0 Å². The van der Waals surface area contributed by atoms with Crippen molar-refractivity contribution >= 4 is 5.91 Å². The van der Waals surface area contributed by atoms with Gasteiger partial charge in [-0.2, -0.15) is 0 Å². The third-order valence-electron chi connectivity index (χ3n) is 2.79. The van der Waals surface area contributed by atoms with Crippen LogP contribution >= 0.6 is 0 Å². The van der Waals surface area contributed by atoms with Crippen molar-refractivity contribution in [3.05, 3.63) is 47.9 Å². The van der Waals surface area contributed by atoms with E-state index in [4.69, 9.17) is 13.9 Å². The van der Waals surface area contributed by atoms with E-state index in [0.29, 0.717) is 23.8 Å². The second-order valence-corrected chi connectivity index (χ2v) is 4.81. The highest BCUT2D eigenvalue weighted by Crippen LogP contribution is 2.28. The van der Waals surface area contributed by atoms with Crippen LogP contribution in [0.2, 0.25) is 0 Å². The van der Waals surface area contributed by atoms with Crippen molar-refractivity contribution in [2.75, 3.05) is 7.11 Å². The Morgan fingerprint density at radius 2 is 2.10 bits per heavy atom. The van der Waals surface area contributed by atoms with Crippen molar-refractivity contribution in [1.82, 2.24) is 5.32 Å². The Bertz CT molecular complexity index is 590. The van der Waals surface area contributed by atoms with Gasteiger partial charge in [0, 0.05) is 6.54 Å². The summed E-state index contributed by atoms with van der Waals surface area (Å²) in [6, 6.07) is 8.88. The van der Waals surface area contributed by atoms with E-state index in [9.17, 15) is 4.79 Å². The average Bonchev–Trinajstić information content (AvgIpc) is 2.99. The van der Waals surface area contributed by atoms with Gasteiger partial charge in [0.25, 0.3) is 5.91 Å². The van der Waals surface area contributed by atoms with Crippen LogP contribution in [-0.4, -0.2) is 19.1 Å². The molecule has 0 fully saturated rings. The lowest BCUT2D eigenvalue weighted by atomic mass is 10.2. The first-order chi connectivity index (χ1) is 10.1. The van der Waals surface area contributed by atoms with E-state index in [0.717, 1.165) is 5.56 Å². The van der Waals surface area contributed by atoms with Gasteiger partial charge in [0.1, 0.15) is 0 Å². The third-order valence-corrected chi connectivity index (χ3v) is 2.79. The fourth-order valence-electron chi connectivity index (χ4n) is 1.85. The van der Waals surface area contributed by atoms with Gasteiger partial charge in [0.15, 0.2) is 17.3 Å². The second kappa shape index (κ2) is 6.83. The molecule has 0 bridgehead atoms. The highest BCUT2D eigenvalue weighted by atomic mass is 16.5. The maximum absolute atomic E-state index is 11.8. The molecule has 112 valence electrons. The predicted octanol–water partition coefficient (Wildman–Crippen LogP) is 3.01. The summed E-state index contributed by atoms with van der Waals surface area (Å²) in [6.45, 7) is 4.30. The van der Waals surface area contributed by atoms with E-state index in [1.54, 1.807) is 19.2 Å². The van der Waals surface area contributed by atoms with Crippen molar-refractivity contribution in [3.63, 3.8) is 0 Å². The third kappa shape index (κ3) is 4.02. The molecule has 5 heteroatoms. The van der Waals surface area contributed by atoms with E-state index in [1.165, 1.54) is 6.26 Å². The molecular weight excluding hydrogens is 270 g/mol. The van der Waals surface area contributed by atoms with Gasteiger partial charge in [-0.1, -0.05) is 6.07 Å². The van der Waals surface area contributed by atoms with Gasteiger partial charge in [-0.05, 0) is 43.7 Å². The lowest BCUT2D eigenvalue weighted by molar-refractivity contribution is 0.0923. The molecule has 0 saturated heterocycles. The minimum absolute atomic E-state index is 0.0726. The van der Waals surface area contributed by atoms with Crippen LogP contribution in [-0.2, 0) is 6.54 Å². The fraction of sp³-hybridized carbons (Fsp3) is 0.312. The minimum Gasteiger partial charge on any atom is -0.493 e. The Hall–Kier alpha value is -2.43. The normalized spacial score (nSPS) is 10.5. The molecule has 0 radical (unpaired) electrons. The van der Waals surface area contributed by atoms with Crippen molar-refractivity contribution in [2.45, 2.75) is 26.5 Å². The summed E-state index contributed by atoms with van der Waals surface area (Å²) < 4.78 is 16.0. The minimum atomic E-state index is -0.249. The van der Waals surface area contributed by atoms with E-state index >= 15 is 0 Å². The Morgan fingerprint density at radius 1 is 1.29 bits per heavy atom. The molecule has 0 unspecified atom stereocenters. The van der Waals surface area contributed by atoms with E-state index in [1.807, 2.05) is 32.0 Å². The summed E-state index contributed by atoms with van der Waals surface area (Å²) in [6.07, 6.45) is 1.54. The summed E-state index contributed by atoms with van der Waals surface area (Å²) in [5, 5.41) is 2.78. The molecule has 0 saturated carbocycles. The molecule has 1 amide bonds. The number of rotatable bonds is 6. The second-order valence-electron chi connectivity index (χ2n) is 4.81. The summed E-state index contributed by atoms with van der Waals surface area (Å²) in [4.78, 5) is 11.8. The van der Waals surface area contributed by atoms with Gasteiger partial charge in [0.05, 0.1) is 19.5 Å². The highest BCUT2D eigenvalue weighted by molar-refractivity contribution is 5.91. The van der Waals surface area contributed by atoms with Crippen molar-refractivity contribution in [1.29, 1.82) is 0 Å². The number of amides is 1. The van der Waals surface area contributed by atoms with E-state index < -0.39 is 0 Å². The first kappa shape index (κ1) is 15.0. The van der Waals surface area contributed by atoms with Crippen molar-refractivity contribution in [3.8, 4) is 11.5 Å². The van der Waals surface area contributed by atoms with E-state index in [2.05, 4.69) is 5.32 Å². The molecule has 0 atom stereocenters. The maximum atomic E-state index is 11.8. The number of carbonyl (C=O) groups is 1. The predicted molar refractivity (Wildman–Crippen MR) is 78.6 cm³/mol.